The van der Waals surface area contributed by atoms with Gasteiger partial charge in [0.2, 0.25) is 0 Å². The van der Waals surface area contributed by atoms with Gasteiger partial charge in [0.25, 0.3) is 11.4 Å². The number of carbonyl (C=O) groups is 2. The molecule has 2 aromatic heterocycles. The number of nitrogens with one attached hydrogen (secondary N) is 1. The Kier molecular flexibility index (Phi) is 7.67. The Hall–Kier alpha value is -3.70. The third-order valence-electron chi connectivity index (χ3n) is 4.10. The summed E-state index contributed by atoms with van der Waals surface area (Å²) in [6, 6.07) is 2.42. The van der Waals surface area contributed by atoms with Gasteiger partial charge in [0.1, 0.15) is 11.4 Å². The summed E-state index contributed by atoms with van der Waals surface area (Å²) in [5.74, 6) is -0.549. The summed E-state index contributed by atoms with van der Waals surface area (Å²) in [6.45, 7) is 4.53. The molecule has 1 aliphatic rings. The van der Waals surface area contributed by atoms with Gasteiger partial charge < -0.3 is 19.0 Å². The van der Waals surface area contributed by atoms with E-state index in [2.05, 4.69) is 9.72 Å². The fraction of sp³-hybridized carbons (Fsp3) is 0.444. The number of aromatic nitrogens is 2. The van der Waals surface area contributed by atoms with Crippen LogP contribution in [0.3, 0.4) is 0 Å². The molecule has 0 saturated heterocycles. The molecule has 1 aliphatic carbocycles. The molecule has 0 radical (unpaired) electrons. The maximum Gasteiger partial charge on any atom is 0.355 e. The zero-order chi connectivity index (χ0) is 22.3. The van der Waals surface area contributed by atoms with E-state index in [1.54, 1.807) is 18.4 Å². The first-order chi connectivity index (χ1) is 14.3. The highest BCUT2D eigenvalue weighted by Crippen LogP contribution is 2.32. The second-order valence-corrected chi connectivity index (χ2v) is 6.41. The van der Waals surface area contributed by atoms with Crippen LogP contribution in [-0.2, 0) is 16.0 Å². The molecule has 1 fully saturated rings. The Labute approximate surface area is 171 Å². The van der Waals surface area contributed by atoms with Crippen molar-refractivity contribution in [2.24, 2.45) is 5.92 Å². The van der Waals surface area contributed by atoms with E-state index in [1.807, 2.05) is 0 Å². The molecule has 0 aliphatic heterocycles. The zero-order valence-corrected chi connectivity index (χ0v) is 16.5. The van der Waals surface area contributed by atoms with Crippen molar-refractivity contribution >= 4 is 23.3 Å². The van der Waals surface area contributed by atoms with E-state index in [4.69, 9.17) is 4.74 Å². The van der Waals surface area contributed by atoms with Crippen molar-refractivity contribution in [2.45, 2.75) is 33.2 Å². The Morgan fingerprint density at radius 2 is 1.67 bits per heavy atom. The van der Waals surface area contributed by atoms with Gasteiger partial charge in [0.15, 0.2) is 0 Å². The van der Waals surface area contributed by atoms with E-state index < -0.39 is 21.8 Å². The third-order valence-corrected chi connectivity index (χ3v) is 4.10. The van der Waals surface area contributed by atoms with Gasteiger partial charge in [-0.25, -0.2) is 9.59 Å². The molecule has 0 spiro atoms. The van der Waals surface area contributed by atoms with E-state index in [0.717, 1.165) is 25.1 Å². The number of aromatic amines is 1. The van der Waals surface area contributed by atoms with Crippen molar-refractivity contribution in [1.29, 1.82) is 0 Å². The van der Waals surface area contributed by atoms with E-state index in [-0.39, 0.29) is 36.0 Å². The van der Waals surface area contributed by atoms with Crippen LogP contribution in [0.1, 0.15) is 47.7 Å². The van der Waals surface area contributed by atoms with Crippen molar-refractivity contribution in [3.8, 4) is 0 Å². The van der Waals surface area contributed by atoms with Crippen LogP contribution in [0.4, 0.5) is 11.4 Å². The molecule has 30 heavy (non-hydrogen) atoms. The van der Waals surface area contributed by atoms with Crippen LogP contribution in [0.2, 0.25) is 0 Å². The quantitative estimate of drug-likeness (QED) is 0.386. The molecule has 1 saturated carbocycles. The summed E-state index contributed by atoms with van der Waals surface area (Å²) in [5.41, 5.74) is 0.149. The summed E-state index contributed by atoms with van der Waals surface area (Å²) in [4.78, 5) is 44.9. The molecule has 2 heterocycles. The van der Waals surface area contributed by atoms with Gasteiger partial charge in [0.05, 0.1) is 35.5 Å². The lowest BCUT2D eigenvalue weighted by Gasteiger charge is -2.06. The topological polar surface area (TPSA) is 160 Å². The Morgan fingerprint density at radius 1 is 1.07 bits per heavy atom. The fourth-order valence-corrected chi connectivity index (χ4v) is 2.52. The van der Waals surface area contributed by atoms with Crippen LogP contribution in [-0.4, -0.2) is 44.6 Å². The van der Waals surface area contributed by atoms with Crippen LogP contribution in [0.25, 0.3) is 0 Å². The van der Waals surface area contributed by atoms with Gasteiger partial charge in [0, 0.05) is 18.7 Å². The Balaban J connectivity index is 0.000000222. The normalized spacial score (nSPS) is 12.5. The average molecular weight is 422 g/mol. The number of hydrogen-bond donors (Lipinski definition) is 1. The SMILES string of the molecule is CCOC(=O)c1cc([N+](=O)[O-])c[nH]1.CCOC(=O)c1cc([N+](=O)[O-])cn1CC1CC1. The first-order valence-electron chi connectivity index (χ1n) is 9.28. The molecule has 3 rings (SSSR count). The van der Waals surface area contributed by atoms with Gasteiger partial charge >= 0.3 is 11.9 Å². The predicted octanol–water partition coefficient (Wildman–Crippen LogP) is 3.08. The monoisotopic (exact) mass is 422 g/mol. The standard InChI is InChI=1S/C11H14N2O4.C7H8N2O4/c1-2-17-11(14)10-5-9(13(15)16)7-12(10)6-8-3-4-8;1-2-13-7(10)6-3-5(4-8-6)9(11)12/h5,7-8H,2-4,6H2,1H3;3-4,8H,2H2,1H3. The highest BCUT2D eigenvalue weighted by Gasteiger charge is 2.26. The van der Waals surface area contributed by atoms with E-state index in [0.29, 0.717) is 12.5 Å². The highest BCUT2D eigenvalue weighted by atomic mass is 16.6. The minimum Gasteiger partial charge on any atom is -0.461 e. The second kappa shape index (κ2) is 10.2. The van der Waals surface area contributed by atoms with Gasteiger partial charge in [-0.1, -0.05) is 0 Å². The minimum atomic E-state index is -0.587. The van der Waals surface area contributed by atoms with Gasteiger partial charge in [-0.15, -0.1) is 0 Å². The number of carbonyl (C=O) groups excluding carboxylic acids is 2. The summed E-state index contributed by atoms with van der Waals surface area (Å²) in [6.07, 6.45) is 4.79. The first-order valence-corrected chi connectivity index (χ1v) is 9.28. The minimum absolute atomic E-state index is 0.0614. The van der Waals surface area contributed by atoms with E-state index >= 15 is 0 Å². The number of hydrogen-bond acceptors (Lipinski definition) is 8. The van der Waals surface area contributed by atoms with Crippen LogP contribution in [0.15, 0.2) is 24.5 Å². The molecule has 1 N–H and O–H groups in total. The lowest BCUT2D eigenvalue weighted by Crippen LogP contribution is -2.12. The molecule has 162 valence electrons. The fourth-order valence-electron chi connectivity index (χ4n) is 2.52. The van der Waals surface area contributed by atoms with Crippen molar-refractivity contribution in [2.75, 3.05) is 13.2 Å². The van der Waals surface area contributed by atoms with E-state index in [1.165, 1.54) is 12.3 Å². The Morgan fingerprint density at radius 3 is 2.17 bits per heavy atom. The van der Waals surface area contributed by atoms with Gasteiger partial charge in [-0.05, 0) is 32.6 Å². The molecule has 0 atom stereocenters. The zero-order valence-electron chi connectivity index (χ0n) is 16.5. The molecular formula is C18H22N4O8. The predicted molar refractivity (Wildman–Crippen MR) is 103 cm³/mol. The number of ether oxygens (including phenoxy) is 2. The van der Waals surface area contributed by atoms with Crippen LogP contribution in [0.5, 0.6) is 0 Å². The number of rotatable bonds is 8. The lowest BCUT2D eigenvalue weighted by atomic mass is 10.4. The molecule has 0 bridgehead atoms. The molecule has 0 amide bonds. The number of nitro groups is 2. The van der Waals surface area contributed by atoms with Crippen LogP contribution >= 0.6 is 0 Å². The average Bonchev–Trinajstić information content (AvgIpc) is 3.19. The number of H-pyrrole nitrogens is 1. The largest absolute Gasteiger partial charge is 0.461 e. The van der Waals surface area contributed by atoms with Crippen LogP contribution in [0, 0.1) is 26.1 Å². The van der Waals surface area contributed by atoms with Gasteiger partial charge in [-0.3, -0.25) is 20.2 Å². The third kappa shape index (κ3) is 6.15. The summed E-state index contributed by atoms with van der Waals surface area (Å²) < 4.78 is 11.1. The summed E-state index contributed by atoms with van der Waals surface area (Å²) in [7, 11) is 0. The lowest BCUT2D eigenvalue weighted by molar-refractivity contribution is -0.385. The maximum absolute atomic E-state index is 11.6. The molecule has 0 aromatic carbocycles. The highest BCUT2D eigenvalue weighted by molar-refractivity contribution is 5.89. The Bertz CT molecular complexity index is 929. The second-order valence-electron chi connectivity index (χ2n) is 6.41. The van der Waals surface area contributed by atoms with Crippen molar-refractivity contribution < 1.29 is 28.9 Å². The van der Waals surface area contributed by atoms with Crippen molar-refractivity contribution in [3.63, 3.8) is 0 Å². The summed E-state index contributed by atoms with van der Waals surface area (Å²) in [5, 5.41) is 20.9. The molecule has 12 heteroatoms. The summed E-state index contributed by atoms with van der Waals surface area (Å²) >= 11 is 0. The van der Waals surface area contributed by atoms with Crippen LogP contribution < -0.4 is 0 Å². The number of esters is 2. The van der Waals surface area contributed by atoms with Crippen molar-refractivity contribution in [1.82, 2.24) is 9.55 Å². The first kappa shape index (κ1) is 22.6. The van der Waals surface area contributed by atoms with Crippen molar-refractivity contribution in [3.05, 3.63) is 56.1 Å². The maximum atomic E-state index is 11.6. The van der Waals surface area contributed by atoms with E-state index in [9.17, 15) is 29.8 Å². The molecular weight excluding hydrogens is 400 g/mol. The molecule has 12 nitrogen and oxygen atoms in total. The van der Waals surface area contributed by atoms with Gasteiger partial charge in [-0.2, -0.15) is 0 Å². The molecule has 2 aromatic rings. The number of nitrogens with zero attached hydrogens (tertiary/aromatic N) is 3. The molecule has 0 unspecified atom stereocenters. The smallest absolute Gasteiger partial charge is 0.355 e.